The Morgan fingerprint density at radius 1 is 0.435 bits per heavy atom. The molecule has 46 heavy (non-hydrogen) atoms. The Balaban J connectivity index is 1.34. The molecule has 9 aromatic rings. The lowest BCUT2D eigenvalue weighted by atomic mass is 9.94. The van der Waals surface area contributed by atoms with Crippen LogP contribution in [0, 0.1) is 0 Å². The van der Waals surface area contributed by atoms with Gasteiger partial charge < -0.3 is 4.67 Å². The standard InChI is InChI=1S/C42H26NPS2/c45-44(40-22-11-19-36-35-18-7-10-23-41(35)46-42(36)40)39-21-9-6-17-34(39)33-16-5-8-20-38(33)43(44)27-24-25-32-30-14-2-1-12-28(30)29-13-3-4-15-31(29)37(32)26-27/h1-26H. The van der Waals surface area contributed by atoms with Crippen molar-refractivity contribution in [3.63, 3.8) is 0 Å². The third-order valence-electron chi connectivity index (χ3n) is 9.62. The summed E-state index contributed by atoms with van der Waals surface area (Å²) in [6.07, 6.45) is -2.63. The number of fused-ring (bicyclic) bond motifs is 12. The van der Waals surface area contributed by atoms with Crippen LogP contribution in [0.1, 0.15) is 0 Å². The highest BCUT2D eigenvalue weighted by atomic mass is 32.4. The van der Waals surface area contributed by atoms with E-state index < -0.39 is 6.19 Å². The average Bonchev–Trinajstić information content (AvgIpc) is 3.51. The quantitative estimate of drug-likeness (QED) is 0.137. The molecule has 0 spiro atoms. The highest BCUT2D eigenvalue weighted by molar-refractivity contribution is 8.23. The topological polar surface area (TPSA) is 3.24 Å². The van der Waals surface area contributed by atoms with Gasteiger partial charge in [0, 0.05) is 42.0 Å². The van der Waals surface area contributed by atoms with Crippen LogP contribution < -0.4 is 15.3 Å². The van der Waals surface area contributed by atoms with Gasteiger partial charge in [-0.1, -0.05) is 145 Å². The summed E-state index contributed by atoms with van der Waals surface area (Å²) < 4.78 is 5.14. The lowest BCUT2D eigenvalue weighted by molar-refractivity contribution is 1.41. The molecule has 0 amide bonds. The molecule has 1 aliphatic rings. The summed E-state index contributed by atoms with van der Waals surface area (Å²) >= 11 is 9.10. The lowest BCUT2D eigenvalue weighted by Crippen LogP contribution is -2.33. The molecule has 4 heteroatoms. The Morgan fingerprint density at radius 3 is 1.74 bits per heavy atom. The van der Waals surface area contributed by atoms with Gasteiger partial charge >= 0.3 is 0 Å². The van der Waals surface area contributed by atoms with Gasteiger partial charge in [0.2, 0.25) is 0 Å². The molecule has 0 aliphatic carbocycles. The van der Waals surface area contributed by atoms with Gasteiger partial charge in [-0.2, -0.15) is 0 Å². The maximum atomic E-state index is 7.23. The van der Waals surface area contributed by atoms with E-state index in [0.29, 0.717) is 0 Å². The second-order valence-electron chi connectivity index (χ2n) is 12.0. The third kappa shape index (κ3) is 3.54. The second kappa shape index (κ2) is 9.85. The molecule has 0 saturated carbocycles. The summed E-state index contributed by atoms with van der Waals surface area (Å²) in [6.45, 7) is 0. The van der Waals surface area contributed by atoms with Gasteiger partial charge in [0.1, 0.15) is 0 Å². The molecule has 8 aromatic carbocycles. The number of nitrogens with zero attached hydrogens (tertiary/aromatic N) is 1. The number of thiophene rings is 1. The van der Waals surface area contributed by atoms with E-state index in [2.05, 4.69) is 162 Å². The van der Waals surface area contributed by atoms with Crippen LogP contribution in [0.4, 0.5) is 11.4 Å². The van der Waals surface area contributed by atoms with Gasteiger partial charge in [-0.3, -0.25) is 0 Å². The zero-order valence-corrected chi connectivity index (χ0v) is 27.2. The monoisotopic (exact) mass is 639 g/mol. The minimum absolute atomic E-state index is 1.14. The SMILES string of the molecule is S=P1(c2cccc3c2sc2ccccc23)c2ccccc2-c2ccccc2N1c1ccc2c3ccccc3c3ccccc3c2c1. The van der Waals surface area contributed by atoms with Gasteiger partial charge in [0.15, 0.2) is 0 Å². The summed E-state index contributed by atoms with van der Waals surface area (Å²) in [5.41, 5.74) is 4.78. The molecule has 0 N–H and O–H groups in total. The minimum atomic E-state index is -2.63. The lowest BCUT2D eigenvalue weighted by Gasteiger charge is -2.43. The molecule has 10 rings (SSSR count). The van der Waals surface area contributed by atoms with Crippen LogP contribution in [-0.2, 0) is 11.8 Å². The fourth-order valence-corrected chi connectivity index (χ4v) is 14.1. The summed E-state index contributed by atoms with van der Waals surface area (Å²) in [4.78, 5) is 0. The molecule has 1 aromatic heterocycles. The first-order chi connectivity index (χ1) is 22.7. The van der Waals surface area contributed by atoms with Gasteiger partial charge in [-0.05, 0) is 62.1 Å². The molecule has 0 bridgehead atoms. The predicted octanol–water partition coefficient (Wildman–Crippen LogP) is 11.7. The Bertz CT molecular complexity index is 2720. The first kappa shape index (κ1) is 26.4. The molecule has 1 unspecified atom stereocenters. The van der Waals surface area contributed by atoms with E-state index in [1.165, 1.54) is 79.9 Å². The van der Waals surface area contributed by atoms with Crippen LogP contribution in [0.5, 0.6) is 0 Å². The second-order valence-corrected chi connectivity index (χ2v) is 17.1. The van der Waals surface area contributed by atoms with Crippen molar-refractivity contribution in [1.82, 2.24) is 0 Å². The highest BCUT2D eigenvalue weighted by Crippen LogP contribution is 2.62. The van der Waals surface area contributed by atoms with Crippen molar-refractivity contribution in [2.75, 3.05) is 4.67 Å². The summed E-state index contributed by atoms with van der Waals surface area (Å²) in [6, 6.07) is 57.9. The van der Waals surface area contributed by atoms with Crippen LogP contribution in [-0.4, -0.2) is 0 Å². The molecule has 1 nitrogen and oxygen atoms in total. The molecule has 2 heterocycles. The van der Waals surface area contributed by atoms with Crippen LogP contribution in [0.15, 0.2) is 158 Å². The fraction of sp³-hybridized carbons (Fsp3) is 0. The molecule has 0 fully saturated rings. The summed E-state index contributed by atoms with van der Waals surface area (Å²) in [5.74, 6) is 0. The van der Waals surface area contributed by atoms with Crippen LogP contribution in [0.2, 0.25) is 0 Å². The van der Waals surface area contributed by atoms with E-state index in [1.807, 2.05) is 11.3 Å². The van der Waals surface area contributed by atoms with E-state index in [0.717, 1.165) is 5.69 Å². The van der Waals surface area contributed by atoms with E-state index in [-0.39, 0.29) is 0 Å². The number of anilines is 2. The van der Waals surface area contributed by atoms with Crippen LogP contribution in [0.25, 0.3) is 63.6 Å². The van der Waals surface area contributed by atoms with Crippen molar-refractivity contribution in [3.05, 3.63) is 158 Å². The Kier molecular flexibility index (Phi) is 5.66. The highest BCUT2D eigenvalue weighted by Gasteiger charge is 2.40. The van der Waals surface area contributed by atoms with Crippen molar-refractivity contribution in [2.45, 2.75) is 0 Å². The van der Waals surface area contributed by atoms with Crippen molar-refractivity contribution in [1.29, 1.82) is 0 Å². The maximum Gasteiger partial charge on any atom is 0.0993 e. The normalized spacial score (nSPS) is 16.0. The van der Waals surface area contributed by atoms with Crippen LogP contribution >= 0.6 is 17.5 Å². The zero-order valence-electron chi connectivity index (χ0n) is 24.7. The molecular formula is C42H26NPS2. The van der Waals surface area contributed by atoms with Gasteiger partial charge in [-0.25, -0.2) is 0 Å². The molecular weight excluding hydrogens is 614 g/mol. The van der Waals surface area contributed by atoms with Gasteiger partial charge in [-0.15, -0.1) is 11.3 Å². The predicted molar refractivity (Wildman–Crippen MR) is 206 cm³/mol. The number of para-hydroxylation sites is 1. The Morgan fingerprint density at radius 2 is 0.978 bits per heavy atom. The summed E-state index contributed by atoms with van der Waals surface area (Å²) in [7, 11) is 0. The zero-order chi connectivity index (χ0) is 30.4. The minimum Gasteiger partial charge on any atom is -0.305 e. The largest absolute Gasteiger partial charge is 0.305 e. The fourth-order valence-electron chi connectivity index (χ4n) is 7.65. The van der Waals surface area contributed by atoms with Crippen molar-refractivity contribution in [3.8, 4) is 11.1 Å². The molecule has 216 valence electrons. The number of rotatable bonds is 2. The maximum absolute atomic E-state index is 7.23. The van der Waals surface area contributed by atoms with E-state index >= 15 is 0 Å². The van der Waals surface area contributed by atoms with E-state index in [4.69, 9.17) is 11.8 Å². The average molecular weight is 640 g/mol. The smallest absolute Gasteiger partial charge is 0.0993 e. The Hall–Kier alpha value is -4.79. The van der Waals surface area contributed by atoms with Gasteiger partial charge in [0.25, 0.3) is 0 Å². The molecule has 0 saturated heterocycles. The number of benzene rings is 8. The number of hydrogen-bond acceptors (Lipinski definition) is 2. The molecule has 1 atom stereocenters. The van der Waals surface area contributed by atoms with Crippen LogP contribution in [0.3, 0.4) is 0 Å². The number of hydrogen-bond donors (Lipinski definition) is 0. The molecule has 1 aliphatic heterocycles. The Labute approximate surface area is 276 Å². The van der Waals surface area contributed by atoms with E-state index in [1.54, 1.807) is 0 Å². The summed E-state index contributed by atoms with van der Waals surface area (Å²) in [5, 5.41) is 12.7. The third-order valence-corrected chi connectivity index (χ3v) is 15.7. The van der Waals surface area contributed by atoms with Crippen molar-refractivity contribution in [2.24, 2.45) is 0 Å². The van der Waals surface area contributed by atoms with E-state index in [9.17, 15) is 0 Å². The first-order valence-electron chi connectivity index (χ1n) is 15.6. The first-order valence-corrected chi connectivity index (χ1v) is 19.1. The van der Waals surface area contributed by atoms with Gasteiger partial charge in [0.05, 0.1) is 11.9 Å². The van der Waals surface area contributed by atoms with Crippen molar-refractivity contribution < 1.29 is 0 Å². The van der Waals surface area contributed by atoms with Crippen molar-refractivity contribution >= 4 is 104 Å². The molecule has 0 radical (unpaired) electrons.